The highest BCUT2D eigenvalue weighted by atomic mass is 16.5. The van der Waals surface area contributed by atoms with Crippen LogP contribution in [-0.4, -0.2) is 40.3 Å². The third-order valence-corrected chi connectivity index (χ3v) is 4.90. The maximum Gasteiger partial charge on any atom is 0.319 e. The number of nitrogens with one attached hydrogen (secondary N) is 2. The normalized spacial score (nSPS) is 19.4. The van der Waals surface area contributed by atoms with Crippen LogP contribution >= 0.6 is 0 Å². The van der Waals surface area contributed by atoms with Crippen LogP contribution in [0.25, 0.3) is 10.9 Å². The van der Waals surface area contributed by atoms with Crippen LogP contribution in [0.15, 0.2) is 42.7 Å². The molecule has 1 aliphatic heterocycles. The number of rotatable bonds is 4. The van der Waals surface area contributed by atoms with Crippen molar-refractivity contribution in [2.45, 2.75) is 25.0 Å². The van der Waals surface area contributed by atoms with Gasteiger partial charge in [-0.05, 0) is 30.7 Å². The Hall–Kier alpha value is -3.13. The maximum absolute atomic E-state index is 12.5. The zero-order valence-corrected chi connectivity index (χ0v) is 15.9. The van der Waals surface area contributed by atoms with E-state index in [-0.39, 0.29) is 18.2 Å². The van der Waals surface area contributed by atoms with E-state index in [9.17, 15) is 4.79 Å². The van der Waals surface area contributed by atoms with Gasteiger partial charge in [0.2, 0.25) is 5.88 Å². The van der Waals surface area contributed by atoms with E-state index in [1.54, 1.807) is 19.4 Å². The van der Waals surface area contributed by atoms with Gasteiger partial charge in [-0.2, -0.15) is 0 Å². The minimum Gasteiger partial charge on any atom is -0.481 e. The van der Waals surface area contributed by atoms with Crippen LogP contribution in [0.2, 0.25) is 0 Å². The summed E-state index contributed by atoms with van der Waals surface area (Å²) in [5.74, 6) is 1.44. The highest BCUT2D eigenvalue weighted by molar-refractivity contribution is 5.92. The lowest BCUT2D eigenvalue weighted by Gasteiger charge is -2.29. The molecule has 146 valence electrons. The number of anilines is 1. The molecule has 0 spiro atoms. The van der Waals surface area contributed by atoms with Gasteiger partial charge in [0.1, 0.15) is 11.9 Å². The molecular formula is C20H23N5O3. The number of imidazole rings is 1. The number of pyridine rings is 1. The van der Waals surface area contributed by atoms with Crippen molar-refractivity contribution < 1.29 is 14.3 Å². The first-order valence-electron chi connectivity index (χ1n) is 9.23. The third-order valence-electron chi connectivity index (χ3n) is 4.90. The van der Waals surface area contributed by atoms with Crippen molar-refractivity contribution in [2.75, 3.05) is 19.0 Å². The van der Waals surface area contributed by atoms with Crippen LogP contribution in [0, 0.1) is 0 Å². The first-order chi connectivity index (χ1) is 13.6. The monoisotopic (exact) mass is 381 g/mol. The summed E-state index contributed by atoms with van der Waals surface area (Å²) in [6.45, 7) is 0.589. The van der Waals surface area contributed by atoms with E-state index in [4.69, 9.17) is 9.47 Å². The van der Waals surface area contributed by atoms with Crippen molar-refractivity contribution in [1.82, 2.24) is 19.9 Å². The van der Waals surface area contributed by atoms with Crippen LogP contribution in [0.4, 0.5) is 10.5 Å². The molecule has 8 nitrogen and oxygen atoms in total. The number of carbonyl (C=O) groups is 1. The quantitative estimate of drug-likeness (QED) is 0.725. The van der Waals surface area contributed by atoms with Crippen LogP contribution in [0.5, 0.6) is 5.88 Å². The average molecular weight is 381 g/mol. The van der Waals surface area contributed by atoms with Crippen LogP contribution in [-0.2, 0) is 11.8 Å². The van der Waals surface area contributed by atoms with Crippen molar-refractivity contribution in [2.24, 2.45) is 7.05 Å². The zero-order chi connectivity index (χ0) is 19.5. The van der Waals surface area contributed by atoms with Gasteiger partial charge in [0, 0.05) is 55.7 Å². The number of benzene rings is 1. The van der Waals surface area contributed by atoms with Crippen LogP contribution in [0.1, 0.15) is 24.8 Å². The molecule has 1 saturated heterocycles. The summed E-state index contributed by atoms with van der Waals surface area (Å²) in [6.07, 6.45) is 5.01. The Kier molecular flexibility index (Phi) is 5.12. The Morgan fingerprint density at radius 1 is 1.32 bits per heavy atom. The van der Waals surface area contributed by atoms with Gasteiger partial charge in [-0.1, -0.05) is 0 Å². The molecule has 8 heteroatoms. The Morgan fingerprint density at radius 3 is 3.00 bits per heavy atom. The summed E-state index contributed by atoms with van der Waals surface area (Å²) in [7, 11) is 3.53. The van der Waals surface area contributed by atoms with Gasteiger partial charge in [0.15, 0.2) is 0 Å². The standard InChI is InChI=1S/C20H23N5O3/c1-25-9-8-21-19(25)17-12-15(7-10-28-17)23-20(26)22-14-4-5-16-13(11-14)3-6-18(24-16)27-2/h3-6,8-9,11,15,17H,7,10,12H2,1-2H3,(H2,22,23,26). The Morgan fingerprint density at radius 2 is 2.21 bits per heavy atom. The number of aryl methyl sites for hydroxylation is 1. The van der Waals surface area contributed by atoms with E-state index < -0.39 is 0 Å². The summed E-state index contributed by atoms with van der Waals surface area (Å²) < 4.78 is 12.9. The average Bonchev–Trinajstić information content (AvgIpc) is 3.13. The molecule has 4 rings (SSSR count). The summed E-state index contributed by atoms with van der Waals surface area (Å²) in [4.78, 5) is 21.2. The van der Waals surface area contributed by atoms with E-state index in [1.165, 1.54) is 0 Å². The molecule has 28 heavy (non-hydrogen) atoms. The second-order valence-electron chi connectivity index (χ2n) is 6.84. The lowest BCUT2D eigenvalue weighted by Crippen LogP contribution is -2.42. The second-order valence-corrected chi connectivity index (χ2v) is 6.84. The largest absolute Gasteiger partial charge is 0.481 e. The van der Waals surface area contributed by atoms with E-state index in [0.29, 0.717) is 24.6 Å². The molecule has 2 aromatic heterocycles. The number of hydrogen-bond donors (Lipinski definition) is 2. The minimum absolute atomic E-state index is 0.0295. The fourth-order valence-electron chi connectivity index (χ4n) is 3.45. The molecule has 3 heterocycles. The van der Waals surface area contributed by atoms with Crippen molar-refractivity contribution in [3.8, 4) is 5.88 Å². The topological polar surface area (TPSA) is 90.3 Å². The molecule has 0 radical (unpaired) electrons. The molecule has 1 fully saturated rings. The highest BCUT2D eigenvalue weighted by Gasteiger charge is 2.27. The van der Waals surface area contributed by atoms with Gasteiger partial charge in [0.25, 0.3) is 0 Å². The van der Waals surface area contributed by atoms with E-state index in [0.717, 1.165) is 23.1 Å². The summed E-state index contributed by atoms with van der Waals surface area (Å²) >= 11 is 0. The molecule has 2 atom stereocenters. The van der Waals surface area contributed by atoms with Gasteiger partial charge >= 0.3 is 6.03 Å². The molecular weight excluding hydrogens is 358 g/mol. The first kappa shape index (κ1) is 18.2. The molecule has 2 N–H and O–H groups in total. The molecule has 3 aromatic rings. The summed E-state index contributed by atoms with van der Waals surface area (Å²) in [6, 6.07) is 9.09. The van der Waals surface area contributed by atoms with E-state index in [2.05, 4.69) is 20.6 Å². The number of carbonyl (C=O) groups excluding carboxylic acids is 1. The van der Waals surface area contributed by atoms with Gasteiger partial charge in [-0.25, -0.2) is 14.8 Å². The lowest BCUT2D eigenvalue weighted by molar-refractivity contribution is -0.00410. The summed E-state index contributed by atoms with van der Waals surface area (Å²) in [5, 5.41) is 6.87. The first-order valence-corrected chi connectivity index (χ1v) is 9.23. The van der Waals surface area contributed by atoms with Crippen LogP contribution < -0.4 is 15.4 Å². The lowest BCUT2D eigenvalue weighted by atomic mass is 10.0. The van der Waals surface area contributed by atoms with Crippen LogP contribution in [0.3, 0.4) is 0 Å². The summed E-state index contributed by atoms with van der Waals surface area (Å²) in [5.41, 5.74) is 1.53. The Bertz CT molecular complexity index is 987. The Labute approximate surface area is 162 Å². The number of hydrogen-bond acceptors (Lipinski definition) is 5. The predicted octanol–water partition coefficient (Wildman–Crippen LogP) is 3.02. The fraction of sp³-hybridized carbons (Fsp3) is 0.350. The molecule has 2 amide bonds. The number of fused-ring (bicyclic) bond motifs is 1. The number of aromatic nitrogens is 3. The molecule has 1 aromatic carbocycles. The molecule has 0 bridgehead atoms. The van der Waals surface area contributed by atoms with Gasteiger partial charge < -0.3 is 24.7 Å². The number of urea groups is 1. The second kappa shape index (κ2) is 7.85. The van der Waals surface area contributed by atoms with Gasteiger partial charge in [-0.15, -0.1) is 0 Å². The molecule has 0 aliphatic carbocycles. The zero-order valence-electron chi connectivity index (χ0n) is 15.9. The SMILES string of the molecule is COc1ccc2cc(NC(=O)NC3CCOC(c4nccn4C)C3)ccc2n1. The number of nitrogens with zero attached hydrogens (tertiary/aromatic N) is 3. The third kappa shape index (κ3) is 3.91. The van der Waals surface area contributed by atoms with Crippen molar-refractivity contribution in [3.05, 3.63) is 48.5 Å². The van der Waals surface area contributed by atoms with E-state index in [1.807, 2.05) is 42.1 Å². The maximum atomic E-state index is 12.5. The fourth-order valence-corrected chi connectivity index (χ4v) is 3.45. The number of methoxy groups -OCH3 is 1. The minimum atomic E-state index is -0.230. The molecule has 2 unspecified atom stereocenters. The van der Waals surface area contributed by atoms with E-state index >= 15 is 0 Å². The van der Waals surface area contributed by atoms with Crippen molar-refractivity contribution >= 4 is 22.6 Å². The number of ether oxygens (including phenoxy) is 2. The molecule has 0 saturated carbocycles. The van der Waals surface area contributed by atoms with Crippen molar-refractivity contribution in [1.29, 1.82) is 0 Å². The van der Waals surface area contributed by atoms with Gasteiger partial charge in [0.05, 0.1) is 12.6 Å². The van der Waals surface area contributed by atoms with Crippen molar-refractivity contribution in [3.63, 3.8) is 0 Å². The smallest absolute Gasteiger partial charge is 0.319 e. The molecule has 1 aliphatic rings. The Balaban J connectivity index is 1.38. The van der Waals surface area contributed by atoms with Gasteiger partial charge in [-0.3, -0.25) is 0 Å². The highest BCUT2D eigenvalue weighted by Crippen LogP contribution is 2.27. The number of amides is 2. The predicted molar refractivity (Wildman–Crippen MR) is 105 cm³/mol.